The van der Waals surface area contributed by atoms with Gasteiger partial charge in [0.05, 0.1) is 11.5 Å². The molecule has 4 nitrogen and oxygen atoms in total. The van der Waals surface area contributed by atoms with Crippen LogP contribution in [-0.4, -0.2) is 30.9 Å². The molecule has 0 saturated carbocycles. The van der Waals surface area contributed by atoms with Gasteiger partial charge >= 0.3 is 0 Å². The molecule has 1 heterocycles. The average molecular weight is 290 g/mol. The lowest BCUT2D eigenvalue weighted by atomic mass is 10.2. The van der Waals surface area contributed by atoms with Crippen LogP contribution in [0.2, 0.25) is 5.02 Å². The van der Waals surface area contributed by atoms with Gasteiger partial charge in [-0.05, 0) is 30.0 Å². The fourth-order valence-electron chi connectivity index (χ4n) is 2.08. The standard InChI is InChI=1S/C12H16ClNO3S/c1-9-4-5-14(7-9)18(16,17)11-3-2-10(8-15)12(13)6-11/h2-3,6,9,15H,4-5,7-8H2,1H3. The lowest BCUT2D eigenvalue weighted by Crippen LogP contribution is -2.28. The predicted octanol–water partition coefficient (Wildman–Crippen LogP) is 1.86. The summed E-state index contributed by atoms with van der Waals surface area (Å²) in [5.74, 6) is 0.395. The Morgan fingerprint density at radius 3 is 2.72 bits per heavy atom. The molecule has 2 rings (SSSR count). The minimum absolute atomic E-state index is 0.193. The fourth-order valence-corrected chi connectivity index (χ4v) is 3.99. The van der Waals surface area contributed by atoms with E-state index in [9.17, 15) is 8.42 Å². The van der Waals surface area contributed by atoms with Gasteiger partial charge in [0, 0.05) is 18.1 Å². The van der Waals surface area contributed by atoms with Gasteiger partial charge in [0.2, 0.25) is 10.0 Å². The SMILES string of the molecule is CC1CCN(S(=O)(=O)c2ccc(CO)c(Cl)c2)C1. The summed E-state index contributed by atoms with van der Waals surface area (Å²) in [7, 11) is -3.45. The zero-order valence-electron chi connectivity index (χ0n) is 10.1. The molecule has 1 unspecified atom stereocenters. The monoisotopic (exact) mass is 289 g/mol. The Bertz CT molecular complexity index is 544. The second-order valence-corrected chi connectivity index (χ2v) is 7.01. The number of halogens is 1. The number of aliphatic hydroxyl groups excluding tert-OH is 1. The van der Waals surface area contributed by atoms with Gasteiger partial charge in [0.25, 0.3) is 0 Å². The first kappa shape index (κ1) is 13.8. The Balaban J connectivity index is 2.33. The lowest BCUT2D eigenvalue weighted by Gasteiger charge is -2.16. The largest absolute Gasteiger partial charge is 0.392 e. The quantitative estimate of drug-likeness (QED) is 0.924. The van der Waals surface area contributed by atoms with Crippen molar-refractivity contribution in [1.29, 1.82) is 0 Å². The summed E-state index contributed by atoms with van der Waals surface area (Å²) in [5.41, 5.74) is 0.533. The number of aliphatic hydroxyl groups is 1. The average Bonchev–Trinajstić information content (AvgIpc) is 2.76. The summed E-state index contributed by atoms with van der Waals surface area (Å²) >= 11 is 5.93. The summed E-state index contributed by atoms with van der Waals surface area (Å²) in [5, 5.41) is 9.30. The van der Waals surface area contributed by atoms with Crippen LogP contribution in [0.5, 0.6) is 0 Å². The van der Waals surface area contributed by atoms with Crippen molar-refractivity contribution in [3.63, 3.8) is 0 Å². The topological polar surface area (TPSA) is 57.6 Å². The number of nitrogens with zero attached hydrogens (tertiary/aromatic N) is 1. The van der Waals surface area contributed by atoms with Crippen LogP contribution in [0.25, 0.3) is 0 Å². The first-order chi connectivity index (χ1) is 8.45. The zero-order chi connectivity index (χ0) is 13.3. The van der Waals surface area contributed by atoms with Crippen LogP contribution < -0.4 is 0 Å². The molecule has 0 spiro atoms. The first-order valence-electron chi connectivity index (χ1n) is 5.84. The molecule has 1 saturated heterocycles. The van der Waals surface area contributed by atoms with Crippen LogP contribution in [0.1, 0.15) is 18.9 Å². The van der Waals surface area contributed by atoms with Crippen molar-refractivity contribution >= 4 is 21.6 Å². The van der Waals surface area contributed by atoms with E-state index in [-0.39, 0.29) is 16.5 Å². The number of hydrogen-bond donors (Lipinski definition) is 1. The summed E-state index contributed by atoms with van der Waals surface area (Å²) in [6.07, 6.45) is 0.891. The second kappa shape index (κ2) is 5.17. The van der Waals surface area contributed by atoms with E-state index >= 15 is 0 Å². The van der Waals surface area contributed by atoms with Crippen molar-refractivity contribution in [3.8, 4) is 0 Å². The summed E-state index contributed by atoms with van der Waals surface area (Å²) in [4.78, 5) is 0.193. The van der Waals surface area contributed by atoms with Crippen molar-refractivity contribution in [1.82, 2.24) is 4.31 Å². The van der Waals surface area contributed by atoms with Crippen molar-refractivity contribution in [2.45, 2.75) is 24.8 Å². The third-order valence-electron chi connectivity index (χ3n) is 3.22. The molecule has 1 aliphatic heterocycles. The molecule has 1 fully saturated rings. The molecule has 100 valence electrons. The molecule has 0 amide bonds. The molecule has 1 atom stereocenters. The second-order valence-electron chi connectivity index (χ2n) is 4.67. The van der Waals surface area contributed by atoms with Crippen molar-refractivity contribution in [3.05, 3.63) is 28.8 Å². The Morgan fingerprint density at radius 2 is 2.22 bits per heavy atom. The van der Waals surface area contributed by atoms with Gasteiger partial charge in [-0.25, -0.2) is 8.42 Å². The van der Waals surface area contributed by atoms with E-state index in [1.807, 2.05) is 6.92 Å². The third-order valence-corrected chi connectivity index (χ3v) is 5.43. The summed E-state index contributed by atoms with van der Waals surface area (Å²) < 4.78 is 26.2. The van der Waals surface area contributed by atoms with Crippen LogP contribution in [0, 0.1) is 5.92 Å². The molecule has 1 aromatic carbocycles. The van der Waals surface area contributed by atoms with Gasteiger partial charge in [-0.3, -0.25) is 0 Å². The smallest absolute Gasteiger partial charge is 0.243 e. The van der Waals surface area contributed by atoms with Crippen LogP contribution in [-0.2, 0) is 16.6 Å². The number of sulfonamides is 1. The Hall–Kier alpha value is -0.620. The van der Waals surface area contributed by atoms with Gasteiger partial charge in [0.15, 0.2) is 0 Å². The van der Waals surface area contributed by atoms with Gasteiger partial charge in [0.1, 0.15) is 0 Å². The van der Waals surface area contributed by atoms with E-state index < -0.39 is 10.0 Å². The maximum atomic E-state index is 12.3. The first-order valence-corrected chi connectivity index (χ1v) is 7.66. The van der Waals surface area contributed by atoms with Crippen LogP contribution in [0.3, 0.4) is 0 Å². The number of hydrogen-bond acceptors (Lipinski definition) is 3. The molecule has 6 heteroatoms. The highest BCUT2D eigenvalue weighted by Gasteiger charge is 2.30. The minimum Gasteiger partial charge on any atom is -0.392 e. The normalized spacial score (nSPS) is 21.4. The Labute approximate surface area is 112 Å². The number of rotatable bonds is 3. The molecular weight excluding hydrogens is 274 g/mol. The molecule has 0 radical (unpaired) electrons. The van der Waals surface area contributed by atoms with E-state index in [4.69, 9.17) is 16.7 Å². The zero-order valence-corrected chi connectivity index (χ0v) is 11.7. The van der Waals surface area contributed by atoms with Gasteiger partial charge in [-0.15, -0.1) is 0 Å². The third kappa shape index (κ3) is 2.54. The van der Waals surface area contributed by atoms with E-state index in [1.54, 1.807) is 6.07 Å². The fraction of sp³-hybridized carbons (Fsp3) is 0.500. The van der Waals surface area contributed by atoms with Gasteiger partial charge < -0.3 is 5.11 Å². The molecule has 0 bridgehead atoms. The maximum absolute atomic E-state index is 12.3. The van der Waals surface area contributed by atoms with E-state index in [0.717, 1.165) is 6.42 Å². The molecule has 1 aliphatic rings. The molecular formula is C12H16ClNO3S. The summed E-state index contributed by atoms with van der Waals surface area (Å²) in [6.45, 7) is 2.96. The molecule has 1 N–H and O–H groups in total. The Kier molecular flexibility index (Phi) is 3.96. The van der Waals surface area contributed by atoms with Crippen LogP contribution >= 0.6 is 11.6 Å². The van der Waals surface area contributed by atoms with E-state index in [0.29, 0.717) is 24.6 Å². The molecule has 1 aromatic rings. The Morgan fingerprint density at radius 1 is 1.50 bits per heavy atom. The van der Waals surface area contributed by atoms with Crippen LogP contribution in [0.4, 0.5) is 0 Å². The maximum Gasteiger partial charge on any atom is 0.243 e. The predicted molar refractivity (Wildman–Crippen MR) is 69.9 cm³/mol. The van der Waals surface area contributed by atoms with Crippen LogP contribution in [0.15, 0.2) is 23.1 Å². The van der Waals surface area contributed by atoms with E-state index in [1.165, 1.54) is 16.4 Å². The highest BCUT2D eigenvalue weighted by molar-refractivity contribution is 7.89. The van der Waals surface area contributed by atoms with Crippen molar-refractivity contribution < 1.29 is 13.5 Å². The van der Waals surface area contributed by atoms with Crippen molar-refractivity contribution in [2.75, 3.05) is 13.1 Å². The van der Waals surface area contributed by atoms with Gasteiger partial charge in [-0.1, -0.05) is 24.6 Å². The van der Waals surface area contributed by atoms with Crippen molar-refractivity contribution in [2.24, 2.45) is 5.92 Å². The molecule has 0 aromatic heterocycles. The lowest BCUT2D eigenvalue weighted by molar-refractivity contribution is 0.282. The summed E-state index contributed by atoms with van der Waals surface area (Å²) in [6, 6.07) is 4.45. The number of benzene rings is 1. The molecule has 18 heavy (non-hydrogen) atoms. The molecule has 0 aliphatic carbocycles. The van der Waals surface area contributed by atoms with E-state index in [2.05, 4.69) is 0 Å². The van der Waals surface area contributed by atoms with Gasteiger partial charge in [-0.2, -0.15) is 4.31 Å². The highest BCUT2D eigenvalue weighted by Crippen LogP contribution is 2.27. The highest BCUT2D eigenvalue weighted by atomic mass is 35.5. The minimum atomic E-state index is -3.45.